The number of ether oxygens (including phenoxy) is 2. The Balaban J connectivity index is 1.87. The zero-order valence-corrected chi connectivity index (χ0v) is 12.4. The van der Waals surface area contributed by atoms with Gasteiger partial charge in [-0.3, -0.25) is 9.59 Å². The van der Waals surface area contributed by atoms with Gasteiger partial charge in [-0.2, -0.15) is 0 Å². The first kappa shape index (κ1) is 15.2. The summed E-state index contributed by atoms with van der Waals surface area (Å²) in [6.45, 7) is 1.66. The van der Waals surface area contributed by atoms with Crippen LogP contribution in [0, 0.1) is 5.92 Å². The molecule has 1 aliphatic rings. The largest absolute Gasteiger partial charge is 0.468 e. The predicted molar refractivity (Wildman–Crippen MR) is 77.2 cm³/mol. The second-order valence-electron chi connectivity index (χ2n) is 5.04. The van der Waals surface area contributed by atoms with Crippen LogP contribution in [0.3, 0.4) is 0 Å². The Morgan fingerprint density at radius 2 is 1.86 bits per heavy atom. The lowest BCUT2D eigenvalue weighted by Gasteiger charge is -2.11. The minimum Gasteiger partial charge on any atom is -0.468 e. The first-order chi connectivity index (χ1) is 10.2. The van der Waals surface area contributed by atoms with Gasteiger partial charge in [0.2, 0.25) is 0 Å². The van der Waals surface area contributed by atoms with Crippen LogP contribution >= 0.6 is 0 Å². The fourth-order valence-corrected chi connectivity index (χ4v) is 2.52. The molecule has 0 atom stereocenters. The van der Waals surface area contributed by atoms with E-state index >= 15 is 0 Å². The van der Waals surface area contributed by atoms with E-state index in [2.05, 4.69) is 32.4 Å². The molecule has 0 unspecified atom stereocenters. The van der Waals surface area contributed by atoms with Gasteiger partial charge in [0.05, 0.1) is 14.2 Å². The Bertz CT molecular complexity index is 549. The van der Waals surface area contributed by atoms with Crippen molar-refractivity contribution in [2.45, 2.75) is 19.4 Å². The molecule has 0 fully saturated rings. The third kappa shape index (κ3) is 3.68. The van der Waals surface area contributed by atoms with E-state index in [1.807, 2.05) is 12.1 Å². The zero-order valence-electron chi connectivity index (χ0n) is 12.4. The maximum atomic E-state index is 11.6. The summed E-state index contributed by atoms with van der Waals surface area (Å²) in [6.07, 6.45) is 3.26. The number of fused-ring (bicyclic) bond motifs is 1. The highest BCUT2D eigenvalue weighted by Crippen LogP contribution is 2.15. The summed E-state index contributed by atoms with van der Waals surface area (Å²) < 4.78 is 11.5. The predicted octanol–water partition coefficient (Wildman–Crippen LogP) is 1.37. The van der Waals surface area contributed by atoms with Gasteiger partial charge in [-0.05, 0) is 12.5 Å². The van der Waals surface area contributed by atoms with Crippen molar-refractivity contribution >= 4 is 18.2 Å². The number of carbonyl (C=O) groups is 2. The molecule has 5 nitrogen and oxygen atoms in total. The molecule has 1 aromatic carbocycles. The number of esters is 2. The van der Waals surface area contributed by atoms with E-state index in [-0.39, 0.29) is 0 Å². The molecule has 0 spiro atoms. The van der Waals surface area contributed by atoms with Crippen LogP contribution in [0.4, 0.5) is 0 Å². The monoisotopic (exact) mass is 290 g/mol. The van der Waals surface area contributed by atoms with Crippen molar-refractivity contribution in [1.82, 2.24) is 0 Å². The van der Waals surface area contributed by atoms with Crippen LogP contribution in [0.25, 0.3) is 0 Å². The highest BCUT2D eigenvalue weighted by atomic mass is 16.5. The Morgan fingerprint density at radius 1 is 1.19 bits per heavy atom. The average Bonchev–Trinajstić information content (AvgIpc) is 2.92. The third-order valence-electron chi connectivity index (χ3n) is 3.66. The average molecular weight is 290 g/mol. The lowest BCUT2D eigenvalue weighted by Crippen LogP contribution is -2.27. The van der Waals surface area contributed by atoms with Gasteiger partial charge in [-0.25, -0.2) is 4.58 Å². The summed E-state index contributed by atoms with van der Waals surface area (Å²) in [5.41, 5.74) is 2.53. The quantitative estimate of drug-likeness (QED) is 0.451. The number of hydrogen-bond acceptors (Lipinski definition) is 4. The van der Waals surface area contributed by atoms with Gasteiger partial charge in [0.1, 0.15) is 6.54 Å². The van der Waals surface area contributed by atoms with Gasteiger partial charge in [0, 0.05) is 17.5 Å². The van der Waals surface area contributed by atoms with Gasteiger partial charge >= 0.3 is 11.9 Å². The van der Waals surface area contributed by atoms with E-state index in [0.717, 1.165) is 19.5 Å². The van der Waals surface area contributed by atoms with Gasteiger partial charge in [0.15, 0.2) is 18.7 Å². The molecule has 0 aliphatic carbocycles. The van der Waals surface area contributed by atoms with E-state index in [9.17, 15) is 9.59 Å². The van der Waals surface area contributed by atoms with Crippen molar-refractivity contribution in [1.29, 1.82) is 0 Å². The van der Waals surface area contributed by atoms with Crippen molar-refractivity contribution < 1.29 is 23.6 Å². The molecule has 0 saturated carbocycles. The minimum absolute atomic E-state index is 0.431. The van der Waals surface area contributed by atoms with Gasteiger partial charge in [0.25, 0.3) is 0 Å². The summed E-state index contributed by atoms with van der Waals surface area (Å²) >= 11 is 0. The smallest absolute Gasteiger partial charge is 0.320 e. The normalized spacial score (nSPS) is 12.8. The molecule has 5 heteroatoms. The Hall–Kier alpha value is -2.17. The lowest BCUT2D eigenvalue weighted by molar-refractivity contribution is -0.535. The van der Waals surface area contributed by atoms with Gasteiger partial charge < -0.3 is 9.47 Å². The Morgan fingerprint density at radius 3 is 2.48 bits per heavy atom. The van der Waals surface area contributed by atoms with Crippen molar-refractivity contribution in [2.24, 2.45) is 5.92 Å². The first-order valence-corrected chi connectivity index (χ1v) is 6.98. The highest BCUT2D eigenvalue weighted by molar-refractivity contribution is 5.94. The Kier molecular flexibility index (Phi) is 5.09. The van der Waals surface area contributed by atoms with Crippen LogP contribution in [0.1, 0.15) is 24.0 Å². The summed E-state index contributed by atoms with van der Waals surface area (Å²) in [5, 5.41) is 0. The molecule has 21 heavy (non-hydrogen) atoms. The van der Waals surface area contributed by atoms with Crippen LogP contribution < -0.4 is 0 Å². The Labute approximate surface area is 124 Å². The molecule has 0 saturated heterocycles. The maximum Gasteiger partial charge on any atom is 0.320 e. The highest BCUT2D eigenvalue weighted by Gasteiger charge is 2.29. The number of nitrogens with zero attached hydrogens (tertiary/aromatic N) is 1. The molecule has 0 N–H and O–H groups in total. The molecular weight excluding hydrogens is 270 g/mol. The summed E-state index contributed by atoms with van der Waals surface area (Å²) in [7, 11) is 2.56. The van der Waals surface area contributed by atoms with Gasteiger partial charge in [-0.1, -0.05) is 18.2 Å². The number of methoxy groups -OCH3 is 2. The fourth-order valence-electron chi connectivity index (χ4n) is 2.52. The van der Waals surface area contributed by atoms with Crippen molar-refractivity contribution in [3.63, 3.8) is 0 Å². The second kappa shape index (κ2) is 7.02. The van der Waals surface area contributed by atoms with Crippen LogP contribution in [0.2, 0.25) is 0 Å². The molecule has 2 rings (SSSR count). The minimum atomic E-state index is -0.829. The van der Waals surface area contributed by atoms with Crippen molar-refractivity contribution in [3.05, 3.63) is 35.4 Å². The number of rotatable bonds is 6. The summed E-state index contributed by atoms with van der Waals surface area (Å²) in [6, 6.07) is 8.24. The van der Waals surface area contributed by atoms with Crippen LogP contribution in [-0.2, 0) is 25.6 Å². The lowest BCUT2D eigenvalue weighted by atomic mass is 10.0. The maximum absolute atomic E-state index is 11.6. The molecule has 112 valence electrons. The first-order valence-electron chi connectivity index (χ1n) is 6.98. The fraction of sp³-hybridized carbons (Fsp3) is 0.438. The third-order valence-corrected chi connectivity index (χ3v) is 3.66. The van der Waals surface area contributed by atoms with E-state index in [0.29, 0.717) is 6.42 Å². The second-order valence-corrected chi connectivity index (χ2v) is 5.04. The molecule has 0 amide bonds. The van der Waals surface area contributed by atoms with Crippen LogP contribution in [-0.4, -0.2) is 43.5 Å². The summed E-state index contributed by atoms with van der Waals surface area (Å²) in [5.74, 6) is -1.89. The summed E-state index contributed by atoms with van der Waals surface area (Å²) in [4.78, 5) is 23.1. The van der Waals surface area contributed by atoms with Crippen LogP contribution in [0.5, 0.6) is 0 Å². The number of carbonyl (C=O) groups excluding carboxylic acids is 2. The van der Waals surface area contributed by atoms with E-state index < -0.39 is 17.9 Å². The van der Waals surface area contributed by atoms with Crippen molar-refractivity contribution in [3.8, 4) is 0 Å². The van der Waals surface area contributed by atoms with Gasteiger partial charge in [-0.15, -0.1) is 0 Å². The molecular formula is C16H20NO4+. The molecule has 0 bridgehead atoms. The number of hydrogen-bond donors (Lipinski definition) is 0. The van der Waals surface area contributed by atoms with E-state index in [4.69, 9.17) is 0 Å². The van der Waals surface area contributed by atoms with E-state index in [1.54, 1.807) is 0 Å². The molecule has 1 heterocycles. The topological polar surface area (TPSA) is 55.6 Å². The van der Waals surface area contributed by atoms with Crippen molar-refractivity contribution in [2.75, 3.05) is 20.8 Å². The molecule has 0 aromatic heterocycles. The SMILES string of the molecule is COC(=O)C(CCC[N+]1=Cc2ccccc2C1)C(=O)OC. The van der Waals surface area contributed by atoms with E-state index in [1.165, 1.54) is 25.3 Å². The number of benzene rings is 1. The zero-order chi connectivity index (χ0) is 15.2. The molecule has 1 aliphatic heterocycles. The van der Waals surface area contributed by atoms with Crippen LogP contribution in [0.15, 0.2) is 24.3 Å². The molecule has 1 aromatic rings. The standard InChI is InChI=1S/C16H20NO4/c1-20-15(18)14(16(19)21-2)8-5-9-17-10-12-6-3-4-7-13(12)11-17/h3-4,6-7,10,14H,5,8-9,11H2,1-2H3/q+1. The molecule has 0 radical (unpaired) electrons.